The number of hydrogen-bond acceptors (Lipinski definition) is 2. The van der Waals surface area contributed by atoms with E-state index in [-0.39, 0.29) is 18.0 Å². The van der Waals surface area contributed by atoms with Gasteiger partial charge in [-0.25, -0.2) is 0 Å². The largest absolute Gasteiger partial charge is 0.336 e. The fraction of sp³-hybridized carbons (Fsp3) is 0.583. The first-order valence-electron chi connectivity index (χ1n) is 5.50. The second-order valence-electron chi connectivity index (χ2n) is 4.05. The van der Waals surface area contributed by atoms with Gasteiger partial charge in [-0.15, -0.1) is 0 Å². The number of piperidine rings is 1. The van der Waals surface area contributed by atoms with Gasteiger partial charge in [-0.2, -0.15) is 0 Å². The van der Waals surface area contributed by atoms with Crippen molar-refractivity contribution in [3.63, 3.8) is 0 Å². The van der Waals surface area contributed by atoms with Gasteiger partial charge in [-0.05, 0) is 26.7 Å². The summed E-state index contributed by atoms with van der Waals surface area (Å²) >= 11 is 0. The molecule has 2 atom stereocenters. The number of amides is 1. The number of likely N-dealkylation sites (tertiary alicyclic amines) is 1. The van der Waals surface area contributed by atoms with Crippen LogP contribution in [0.25, 0.3) is 0 Å². The van der Waals surface area contributed by atoms with E-state index in [1.807, 2.05) is 24.0 Å². The van der Waals surface area contributed by atoms with Gasteiger partial charge in [0, 0.05) is 24.7 Å². The molecule has 1 amide bonds. The number of carbonyl (C=O) groups excluding carboxylic acids is 1. The van der Waals surface area contributed by atoms with E-state index in [0.717, 1.165) is 19.4 Å². The molecule has 15 heavy (non-hydrogen) atoms. The van der Waals surface area contributed by atoms with Crippen LogP contribution in [0.4, 0.5) is 0 Å². The second-order valence-corrected chi connectivity index (χ2v) is 4.05. The highest BCUT2D eigenvalue weighted by molar-refractivity contribution is 5.88. The zero-order valence-electron chi connectivity index (χ0n) is 9.52. The summed E-state index contributed by atoms with van der Waals surface area (Å²) in [6, 6.07) is 0.514. The first-order chi connectivity index (χ1) is 7.15. The molecule has 0 radical (unpaired) electrons. The van der Waals surface area contributed by atoms with Gasteiger partial charge in [0.1, 0.15) is 0 Å². The van der Waals surface area contributed by atoms with Crippen molar-refractivity contribution in [1.29, 1.82) is 0 Å². The Balaban J connectivity index is 2.52. The highest BCUT2D eigenvalue weighted by atomic mass is 16.2. The van der Waals surface area contributed by atoms with Crippen molar-refractivity contribution >= 4 is 5.91 Å². The van der Waals surface area contributed by atoms with Crippen molar-refractivity contribution in [2.24, 2.45) is 5.73 Å². The van der Waals surface area contributed by atoms with Crippen LogP contribution in [0.5, 0.6) is 0 Å². The Morgan fingerprint density at radius 3 is 2.80 bits per heavy atom. The van der Waals surface area contributed by atoms with Gasteiger partial charge in [0.2, 0.25) is 5.91 Å². The van der Waals surface area contributed by atoms with Crippen molar-refractivity contribution < 1.29 is 4.79 Å². The topological polar surface area (TPSA) is 46.3 Å². The van der Waals surface area contributed by atoms with E-state index in [1.54, 1.807) is 12.2 Å². The minimum Gasteiger partial charge on any atom is -0.336 e. The van der Waals surface area contributed by atoms with E-state index >= 15 is 0 Å². The predicted molar refractivity (Wildman–Crippen MR) is 62.3 cm³/mol. The molecule has 1 aliphatic heterocycles. The fourth-order valence-electron chi connectivity index (χ4n) is 1.88. The van der Waals surface area contributed by atoms with Crippen molar-refractivity contribution in [1.82, 2.24) is 4.90 Å². The van der Waals surface area contributed by atoms with E-state index in [4.69, 9.17) is 5.73 Å². The molecule has 3 nitrogen and oxygen atoms in total. The Bertz CT molecular complexity index is 271. The molecule has 84 valence electrons. The summed E-state index contributed by atoms with van der Waals surface area (Å²) in [5.41, 5.74) is 5.84. The Kier molecular flexibility index (Phi) is 4.56. The van der Waals surface area contributed by atoms with Crippen LogP contribution in [0.1, 0.15) is 26.7 Å². The summed E-state index contributed by atoms with van der Waals surface area (Å²) in [6.45, 7) is 4.76. The van der Waals surface area contributed by atoms with Gasteiger partial charge in [0.05, 0.1) is 0 Å². The number of allylic oxidation sites excluding steroid dienone is 3. The third-order valence-electron chi connectivity index (χ3n) is 2.74. The van der Waals surface area contributed by atoms with Crippen LogP contribution in [-0.2, 0) is 4.79 Å². The van der Waals surface area contributed by atoms with Gasteiger partial charge in [-0.3, -0.25) is 4.79 Å². The fourth-order valence-corrected chi connectivity index (χ4v) is 1.88. The molecule has 1 heterocycles. The maximum absolute atomic E-state index is 11.8. The van der Waals surface area contributed by atoms with Crippen LogP contribution >= 0.6 is 0 Å². The maximum Gasteiger partial charge on any atom is 0.246 e. The lowest BCUT2D eigenvalue weighted by Crippen LogP contribution is -2.47. The normalized spacial score (nSPS) is 27.8. The minimum absolute atomic E-state index is 0.0903. The molecular formula is C12H20N2O. The summed E-state index contributed by atoms with van der Waals surface area (Å²) in [6.07, 6.45) is 8.98. The van der Waals surface area contributed by atoms with E-state index in [2.05, 4.69) is 6.92 Å². The predicted octanol–water partition coefficient (Wildman–Crippen LogP) is 1.46. The zero-order valence-corrected chi connectivity index (χ0v) is 9.52. The van der Waals surface area contributed by atoms with Gasteiger partial charge < -0.3 is 10.6 Å². The molecule has 2 unspecified atom stereocenters. The first kappa shape index (κ1) is 12.0. The van der Waals surface area contributed by atoms with E-state index in [9.17, 15) is 4.79 Å². The van der Waals surface area contributed by atoms with Crippen molar-refractivity contribution in [2.45, 2.75) is 38.8 Å². The van der Waals surface area contributed by atoms with Gasteiger partial charge >= 0.3 is 0 Å². The monoisotopic (exact) mass is 208 g/mol. The summed E-state index contributed by atoms with van der Waals surface area (Å²) in [7, 11) is 0. The second kappa shape index (κ2) is 5.71. The molecule has 1 fully saturated rings. The highest BCUT2D eigenvalue weighted by Gasteiger charge is 2.25. The third-order valence-corrected chi connectivity index (χ3v) is 2.74. The molecule has 1 aliphatic rings. The summed E-state index contributed by atoms with van der Waals surface area (Å²) in [4.78, 5) is 13.6. The number of rotatable bonds is 2. The molecule has 0 bridgehead atoms. The number of hydrogen-bond donors (Lipinski definition) is 1. The first-order valence-corrected chi connectivity index (χ1v) is 5.50. The Hall–Kier alpha value is -1.09. The Labute approximate surface area is 91.6 Å². The molecule has 1 rings (SSSR count). The average Bonchev–Trinajstić information content (AvgIpc) is 2.17. The van der Waals surface area contributed by atoms with E-state index in [0.29, 0.717) is 0 Å². The summed E-state index contributed by atoms with van der Waals surface area (Å²) in [5, 5.41) is 0. The zero-order chi connectivity index (χ0) is 11.3. The molecule has 2 N–H and O–H groups in total. The van der Waals surface area contributed by atoms with E-state index in [1.165, 1.54) is 0 Å². The Morgan fingerprint density at radius 2 is 2.20 bits per heavy atom. The van der Waals surface area contributed by atoms with Gasteiger partial charge in [-0.1, -0.05) is 18.2 Å². The molecule has 0 aromatic heterocycles. The van der Waals surface area contributed by atoms with Crippen LogP contribution < -0.4 is 5.73 Å². The van der Waals surface area contributed by atoms with Crippen LogP contribution in [0.15, 0.2) is 24.3 Å². The molecule has 0 aromatic rings. The molecule has 1 saturated heterocycles. The molecule has 0 spiro atoms. The molecule has 3 heteroatoms. The van der Waals surface area contributed by atoms with Crippen LogP contribution in [0.3, 0.4) is 0 Å². The van der Waals surface area contributed by atoms with Crippen LogP contribution in [-0.4, -0.2) is 29.4 Å². The van der Waals surface area contributed by atoms with Gasteiger partial charge in [0.15, 0.2) is 0 Å². The maximum atomic E-state index is 11.8. The summed E-state index contributed by atoms with van der Waals surface area (Å²) < 4.78 is 0. The minimum atomic E-state index is 0.0903. The molecule has 0 aliphatic carbocycles. The molecule has 0 aromatic carbocycles. The smallest absolute Gasteiger partial charge is 0.246 e. The third kappa shape index (κ3) is 3.51. The SMILES string of the molecule is C/C=C/C=CC(=O)N1CCC(N)CC1C. The molecular weight excluding hydrogens is 188 g/mol. The molecule has 0 saturated carbocycles. The number of nitrogens with two attached hydrogens (primary N) is 1. The average molecular weight is 208 g/mol. The number of carbonyl (C=O) groups is 1. The standard InChI is InChI=1S/C12H20N2O/c1-3-4-5-6-12(15)14-8-7-11(13)9-10(14)2/h3-6,10-11H,7-9,13H2,1-2H3/b4-3+,6-5?. The van der Waals surface area contributed by atoms with Crippen molar-refractivity contribution in [2.75, 3.05) is 6.54 Å². The number of nitrogens with zero attached hydrogens (tertiary/aromatic N) is 1. The lowest BCUT2D eigenvalue weighted by atomic mass is 9.99. The van der Waals surface area contributed by atoms with Crippen LogP contribution in [0, 0.1) is 0 Å². The van der Waals surface area contributed by atoms with Crippen molar-refractivity contribution in [3.8, 4) is 0 Å². The lowest BCUT2D eigenvalue weighted by molar-refractivity contribution is -0.129. The van der Waals surface area contributed by atoms with Gasteiger partial charge in [0.25, 0.3) is 0 Å². The highest BCUT2D eigenvalue weighted by Crippen LogP contribution is 2.16. The van der Waals surface area contributed by atoms with Crippen LogP contribution in [0.2, 0.25) is 0 Å². The summed E-state index contributed by atoms with van der Waals surface area (Å²) in [5.74, 6) is 0.0903. The van der Waals surface area contributed by atoms with E-state index < -0.39 is 0 Å². The van der Waals surface area contributed by atoms with Crippen molar-refractivity contribution in [3.05, 3.63) is 24.3 Å². The lowest BCUT2D eigenvalue weighted by Gasteiger charge is -2.35. The quantitative estimate of drug-likeness (QED) is 0.551. The Morgan fingerprint density at radius 1 is 1.47 bits per heavy atom.